The fourth-order valence-electron chi connectivity index (χ4n) is 3.74. The van der Waals surface area contributed by atoms with Crippen LogP contribution in [-0.4, -0.2) is 37.6 Å². The molecule has 2 aromatic rings. The molecule has 0 aliphatic carbocycles. The standard InChI is InChI=1S/C22H29N3O2/c1-27-21-11-5-3-9-18(21)20(25-14-6-7-15-25)16-24-22(26)13-12-17-8-2-4-10-19(17)23/h2-5,8-11,20H,6-7,12-16,23H2,1H3,(H,24,26). The van der Waals surface area contributed by atoms with Gasteiger partial charge < -0.3 is 15.8 Å². The summed E-state index contributed by atoms with van der Waals surface area (Å²) >= 11 is 0. The van der Waals surface area contributed by atoms with Crippen molar-refractivity contribution >= 4 is 11.6 Å². The van der Waals surface area contributed by atoms with E-state index in [-0.39, 0.29) is 11.9 Å². The molecule has 1 saturated heterocycles. The molecule has 0 aromatic heterocycles. The van der Waals surface area contributed by atoms with E-state index in [0.717, 1.165) is 35.7 Å². The average Bonchev–Trinajstić information content (AvgIpc) is 3.22. The number of methoxy groups -OCH3 is 1. The van der Waals surface area contributed by atoms with Crippen molar-refractivity contribution in [3.63, 3.8) is 0 Å². The first kappa shape index (κ1) is 19.2. The lowest BCUT2D eigenvalue weighted by molar-refractivity contribution is -0.121. The van der Waals surface area contributed by atoms with Crippen LogP contribution in [0.3, 0.4) is 0 Å². The predicted molar refractivity (Wildman–Crippen MR) is 109 cm³/mol. The number of benzene rings is 2. The lowest BCUT2D eigenvalue weighted by Crippen LogP contribution is -2.37. The Hall–Kier alpha value is -2.53. The van der Waals surface area contributed by atoms with Gasteiger partial charge in [0.2, 0.25) is 5.91 Å². The molecule has 2 aromatic carbocycles. The molecule has 1 aliphatic rings. The SMILES string of the molecule is COc1ccccc1C(CNC(=O)CCc1ccccc1N)N1CCCC1. The van der Waals surface area contributed by atoms with Crippen LogP contribution in [0.2, 0.25) is 0 Å². The third kappa shape index (κ3) is 5.01. The number of carbonyl (C=O) groups excluding carboxylic acids is 1. The second-order valence-electron chi connectivity index (χ2n) is 7.00. The predicted octanol–water partition coefficient (Wildman–Crippen LogP) is 3.16. The fraction of sp³-hybridized carbons (Fsp3) is 0.409. The van der Waals surface area contributed by atoms with Crippen LogP contribution >= 0.6 is 0 Å². The Balaban J connectivity index is 1.62. The number of nitrogen functional groups attached to an aromatic ring is 1. The summed E-state index contributed by atoms with van der Waals surface area (Å²) in [5, 5.41) is 3.12. The van der Waals surface area contributed by atoms with E-state index in [1.807, 2.05) is 42.5 Å². The molecule has 1 unspecified atom stereocenters. The first-order valence-corrected chi connectivity index (χ1v) is 9.66. The fourth-order valence-corrected chi connectivity index (χ4v) is 3.74. The molecule has 0 bridgehead atoms. The summed E-state index contributed by atoms with van der Waals surface area (Å²) in [6.07, 6.45) is 3.49. The molecule has 1 amide bonds. The van der Waals surface area contributed by atoms with Crippen molar-refractivity contribution in [2.45, 2.75) is 31.7 Å². The number of amides is 1. The zero-order valence-electron chi connectivity index (χ0n) is 16.0. The number of nitrogens with one attached hydrogen (secondary N) is 1. The quantitative estimate of drug-likeness (QED) is 0.703. The van der Waals surface area contributed by atoms with Gasteiger partial charge in [-0.25, -0.2) is 0 Å². The number of hydrogen-bond donors (Lipinski definition) is 2. The van der Waals surface area contributed by atoms with Gasteiger partial charge in [0, 0.05) is 24.2 Å². The Morgan fingerprint density at radius 2 is 1.85 bits per heavy atom. The zero-order valence-corrected chi connectivity index (χ0v) is 16.0. The molecule has 144 valence electrons. The van der Waals surface area contributed by atoms with Gasteiger partial charge in [-0.3, -0.25) is 9.69 Å². The molecule has 1 atom stereocenters. The lowest BCUT2D eigenvalue weighted by atomic mass is 10.0. The molecular weight excluding hydrogens is 338 g/mol. The number of rotatable bonds is 8. The van der Waals surface area contributed by atoms with Crippen LogP contribution in [0.25, 0.3) is 0 Å². The monoisotopic (exact) mass is 367 g/mol. The van der Waals surface area contributed by atoms with Crippen LogP contribution in [0.1, 0.15) is 36.4 Å². The maximum Gasteiger partial charge on any atom is 0.220 e. The minimum atomic E-state index is 0.0531. The van der Waals surface area contributed by atoms with Gasteiger partial charge in [-0.1, -0.05) is 36.4 Å². The third-order valence-corrected chi connectivity index (χ3v) is 5.25. The molecule has 5 nitrogen and oxygen atoms in total. The molecule has 1 heterocycles. The van der Waals surface area contributed by atoms with E-state index in [0.29, 0.717) is 19.4 Å². The Morgan fingerprint density at radius 1 is 1.15 bits per heavy atom. The van der Waals surface area contributed by atoms with Gasteiger partial charge in [-0.15, -0.1) is 0 Å². The van der Waals surface area contributed by atoms with Crippen molar-refractivity contribution in [1.29, 1.82) is 0 Å². The average molecular weight is 367 g/mol. The molecule has 1 fully saturated rings. The maximum absolute atomic E-state index is 12.4. The van der Waals surface area contributed by atoms with Crippen molar-refractivity contribution < 1.29 is 9.53 Å². The number of nitrogens with zero attached hydrogens (tertiary/aromatic N) is 1. The number of para-hydroxylation sites is 2. The Bertz CT molecular complexity index is 757. The number of aryl methyl sites for hydroxylation is 1. The number of hydrogen-bond acceptors (Lipinski definition) is 4. The van der Waals surface area contributed by atoms with Crippen molar-refractivity contribution in [1.82, 2.24) is 10.2 Å². The summed E-state index contributed by atoms with van der Waals surface area (Å²) in [5.41, 5.74) is 8.87. The van der Waals surface area contributed by atoms with Crippen LogP contribution in [0.15, 0.2) is 48.5 Å². The minimum absolute atomic E-state index is 0.0531. The smallest absolute Gasteiger partial charge is 0.220 e. The van der Waals surface area contributed by atoms with Gasteiger partial charge in [0.15, 0.2) is 0 Å². The largest absolute Gasteiger partial charge is 0.496 e. The number of ether oxygens (including phenoxy) is 1. The highest BCUT2D eigenvalue weighted by Crippen LogP contribution is 2.31. The number of nitrogens with two attached hydrogens (primary N) is 1. The highest BCUT2D eigenvalue weighted by molar-refractivity contribution is 5.76. The van der Waals surface area contributed by atoms with Crippen molar-refractivity contribution in [2.24, 2.45) is 0 Å². The first-order valence-electron chi connectivity index (χ1n) is 9.66. The van der Waals surface area contributed by atoms with Crippen LogP contribution in [0.4, 0.5) is 5.69 Å². The Kier molecular flexibility index (Phi) is 6.71. The van der Waals surface area contributed by atoms with Crippen LogP contribution < -0.4 is 15.8 Å². The molecule has 5 heteroatoms. The molecular formula is C22H29N3O2. The summed E-state index contributed by atoms with van der Waals surface area (Å²) in [7, 11) is 1.70. The van der Waals surface area contributed by atoms with E-state index in [2.05, 4.69) is 16.3 Å². The highest BCUT2D eigenvalue weighted by atomic mass is 16.5. The molecule has 0 saturated carbocycles. The van der Waals surface area contributed by atoms with Crippen molar-refractivity contribution in [3.05, 3.63) is 59.7 Å². The Labute approximate surface area is 161 Å². The van der Waals surface area contributed by atoms with Gasteiger partial charge in [0.25, 0.3) is 0 Å². The number of likely N-dealkylation sites (tertiary alicyclic amines) is 1. The van der Waals surface area contributed by atoms with Gasteiger partial charge in [-0.05, 0) is 50.0 Å². The van der Waals surface area contributed by atoms with Gasteiger partial charge in [0.1, 0.15) is 5.75 Å². The van der Waals surface area contributed by atoms with Gasteiger partial charge >= 0.3 is 0 Å². The summed E-state index contributed by atoms with van der Waals surface area (Å²) in [4.78, 5) is 14.9. The van der Waals surface area contributed by atoms with Crippen LogP contribution in [0.5, 0.6) is 5.75 Å². The molecule has 0 spiro atoms. The summed E-state index contributed by atoms with van der Waals surface area (Å²) in [6.45, 7) is 2.70. The summed E-state index contributed by atoms with van der Waals surface area (Å²) in [5.74, 6) is 0.929. The summed E-state index contributed by atoms with van der Waals surface area (Å²) < 4.78 is 5.56. The topological polar surface area (TPSA) is 67.6 Å². The zero-order chi connectivity index (χ0) is 19.1. The second-order valence-corrected chi connectivity index (χ2v) is 7.00. The first-order chi connectivity index (χ1) is 13.2. The van der Waals surface area contributed by atoms with Crippen LogP contribution in [-0.2, 0) is 11.2 Å². The Morgan fingerprint density at radius 3 is 2.59 bits per heavy atom. The molecule has 27 heavy (non-hydrogen) atoms. The molecule has 1 aliphatic heterocycles. The van der Waals surface area contributed by atoms with Crippen molar-refractivity contribution in [2.75, 3.05) is 32.5 Å². The second kappa shape index (κ2) is 9.42. The highest BCUT2D eigenvalue weighted by Gasteiger charge is 2.26. The third-order valence-electron chi connectivity index (χ3n) is 5.25. The van der Waals surface area contributed by atoms with E-state index < -0.39 is 0 Å². The normalized spacial score (nSPS) is 15.4. The van der Waals surface area contributed by atoms with E-state index in [1.54, 1.807) is 7.11 Å². The molecule has 0 radical (unpaired) electrons. The van der Waals surface area contributed by atoms with Gasteiger partial charge in [-0.2, -0.15) is 0 Å². The van der Waals surface area contributed by atoms with E-state index in [9.17, 15) is 4.79 Å². The van der Waals surface area contributed by atoms with Gasteiger partial charge in [0.05, 0.1) is 13.2 Å². The number of anilines is 1. The molecule has 3 rings (SSSR count). The minimum Gasteiger partial charge on any atom is -0.496 e. The van der Waals surface area contributed by atoms with E-state index >= 15 is 0 Å². The maximum atomic E-state index is 12.4. The number of carbonyl (C=O) groups is 1. The summed E-state index contributed by atoms with van der Waals surface area (Å²) in [6, 6.07) is 15.9. The van der Waals surface area contributed by atoms with Crippen LogP contribution in [0, 0.1) is 0 Å². The van der Waals surface area contributed by atoms with E-state index in [1.165, 1.54) is 12.8 Å². The lowest BCUT2D eigenvalue weighted by Gasteiger charge is -2.29. The van der Waals surface area contributed by atoms with Crippen molar-refractivity contribution in [3.8, 4) is 5.75 Å². The molecule has 3 N–H and O–H groups in total. The van der Waals surface area contributed by atoms with E-state index in [4.69, 9.17) is 10.5 Å².